The van der Waals surface area contributed by atoms with Crippen LogP contribution >= 0.6 is 11.6 Å². The molecule has 0 radical (unpaired) electrons. The molecule has 112 valence electrons. The lowest BCUT2D eigenvalue weighted by Crippen LogP contribution is -2.28. The minimum Gasteiger partial charge on any atom is -0.387 e. The first-order chi connectivity index (χ1) is 10.6. The Morgan fingerprint density at radius 1 is 1.27 bits per heavy atom. The van der Waals surface area contributed by atoms with Crippen LogP contribution in [0.2, 0.25) is 5.02 Å². The summed E-state index contributed by atoms with van der Waals surface area (Å²) in [6.07, 6.45) is 0.800. The van der Waals surface area contributed by atoms with E-state index in [1.54, 1.807) is 48.8 Å². The van der Waals surface area contributed by atoms with Gasteiger partial charge in [0.25, 0.3) is 5.91 Å². The first-order valence-corrected chi connectivity index (χ1v) is 7.16. The number of benzene rings is 2. The SMILES string of the molecule is O=C(NCC(O)c1ccc(Cl)cc1)c1ccc2nc[nH]c2c1. The highest BCUT2D eigenvalue weighted by Crippen LogP contribution is 2.16. The van der Waals surface area contributed by atoms with Gasteiger partial charge in [0, 0.05) is 17.1 Å². The molecule has 0 aliphatic carbocycles. The van der Waals surface area contributed by atoms with Crippen LogP contribution in [0.1, 0.15) is 22.0 Å². The quantitative estimate of drug-likeness (QED) is 0.692. The summed E-state index contributed by atoms with van der Waals surface area (Å²) in [5.74, 6) is -0.246. The summed E-state index contributed by atoms with van der Waals surface area (Å²) < 4.78 is 0. The van der Waals surface area contributed by atoms with E-state index < -0.39 is 6.10 Å². The van der Waals surface area contributed by atoms with Crippen molar-refractivity contribution in [3.63, 3.8) is 0 Å². The van der Waals surface area contributed by atoms with Gasteiger partial charge in [-0.2, -0.15) is 0 Å². The van der Waals surface area contributed by atoms with Gasteiger partial charge in [0.05, 0.1) is 23.5 Å². The van der Waals surface area contributed by atoms with E-state index >= 15 is 0 Å². The zero-order chi connectivity index (χ0) is 15.5. The van der Waals surface area contributed by atoms with Gasteiger partial charge < -0.3 is 15.4 Å². The number of nitrogens with zero attached hydrogens (tertiary/aromatic N) is 1. The van der Waals surface area contributed by atoms with E-state index in [2.05, 4.69) is 15.3 Å². The summed E-state index contributed by atoms with van der Waals surface area (Å²) >= 11 is 5.80. The largest absolute Gasteiger partial charge is 0.387 e. The fourth-order valence-corrected chi connectivity index (χ4v) is 2.30. The minimum atomic E-state index is -0.780. The molecule has 3 aromatic rings. The second-order valence-electron chi connectivity index (χ2n) is 4.91. The average Bonchev–Trinajstić information content (AvgIpc) is 3.00. The van der Waals surface area contributed by atoms with Gasteiger partial charge in [0.15, 0.2) is 0 Å². The monoisotopic (exact) mass is 315 g/mol. The molecule has 0 saturated carbocycles. The number of aromatic nitrogens is 2. The van der Waals surface area contributed by atoms with Gasteiger partial charge in [-0.1, -0.05) is 23.7 Å². The van der Waals surface area contributed by atoms with Gasteiger partial charge in [-0.3, -0.25) is 4.79 Å². The Morgan fingerprint density at radius 2 is 2.05 bits per heavy atom. The van der Waals surface area contributed by atoms with Crippen LogP contribution in [0.5, 0.6) is 0 Å². The first-order valence-electron chi connectivity index (χ1n) is 6.78. The summed E-state index contributed by atoms with van der Waals surface area (Å²) in [7, 11) is 0. The smallest absolute Gasteiger partial charge is 0.251 e. The molecule has 6 heteroatoms. The molecule has 3 N–H and O–H groups in total. The van der Waals surface area contributed by atoms with Crippen molar-refractivity contribution < 1.29 is 9.90 Å². The number of nitrogens with one attached hydrogen (secondary N) is 2. The molecular weight excluding hydrogens is 302 g/mol. The molecule has 0 spiro atoms. The molecule has 1 amide bonds. The molecule has 0 aliphatic rings. The van der Waals surface area contributed by atoms with Crippen LogP contribution < -0.4 is 5.32 Å². The molecule has 3 rings (SSSR count). The first kappa shape index (κ1) is 14.6. The Hall–Kier alpha value is -2.37. The number of aromatic amines is 1. The van der Waals surface area contributed by atoms with Crippen molar-refractivity contribution in [2.45, 2.75) is 6.10 Å². The normalized spacial score (nSPS) is 12.3. The third-order valence-corrected chi connectivity index (χ3v) is 3.65. The molecule has 0 saturated heterocycles. The molecule has 0 fully saturated rings. The van der Waals surface area contributed by atoms with Crippen LogP contribution in [0.15, 0.2) is 48.8 Å². The van der Waals surface area contributed by atoms with Crippen molar-refractivity contribution >= 4 is 28.5 Å². The number of aliphatic hydroxyl groups is 1. The lowest BCUT2D eigenvalue weighted by Gasteiger charge is -2.12. The van der Waals surface area contributed by atoms with Crippen molar-refractivity contribution in [3.05, 3.63) is 64.9 Å². The predicted octanol–water partition coefficient (Wildman–Crippen LogP) is 2.68. The second-order valence-corrected chi connectivity index (χ2v) is 5.35. The van der Waals surface area contributed by atoms with Gasteiger partial charge >= 0.3 is 0 Å². The fraction of sp³-hybridized carbons (Fsp3) is 0.125. The molecule has 1 unspecified atom stereocenters. The number of hydrogen-bond donors (Lipinski definition) is 3. The van der Waals surface area contributed by atoms with Crippen molar-refractivity contribution in [2.24, 2.45) is 0 Å². The molecule has 22 heavy (non-hydrogen) atoms. The standard InChI is InChI=1S/C16H14ClN3O2/c17-12-4-1-10(2-5-12)15(21)8-18-16(22)11-3-6-13-14(7-11)20-9-19-13/h1-7,9,15,21H,8H2,(H,18,22)(H,19,20). The topological polar surface area (TPSA) is 78.0 Å². The summed E-state index contributed by atoms with van der Waals surface area (Å²) in [4.78, 5) is 19.2. The minimum absolute atomic E-state index is 0.126. The van der Waals surface area contributed by atoms with Crippen molar-refractivity contribution in [1.29, 1.82) is 0 Å². The Morgan fingerprint density at radius 3 is 2.82 bits per heavy atom. The summed E-state index contributed by atoms with van der Waals surface area (Å²) in [5, 5.41) is 13.4. The number of aliphatic hydroxyl groups excluding tert-OH is 1. The van der Waals surface area contributed by atoms with Gasteiger partial charge in [-0.05, 0) is 35.9 Å². The number of amides is 1. The Labute approximate surface area is 132 Å². The van der Waals surface area contributed by atoms with Gasteiger partial charge in [-0.15, -0.1) is 0 Å². The van der Waals surface area contributed by atoms with E-state index in [-0.39, 0.29) is 12.5 Å². The summed E-state index contributed by atoms with van der Waals surface area (Å²) in [6, 6.07) is 12.1. The number of hydrogen-bond acceptors (Lipinski definition) is 3. The third-order valence-electron chi connectivity index (χ3n) is 3.39. The van der Waals surface area contributed by atoms with E-state index in [0.29, 0.717) is 16.1 Å². The third kappa shape index (κ3) is 3.10. The molecule has 5 nitrogen and oxygen atoms in total. The lowest BCUT2D eigenvalue weighted by atomic mass is 10.1. The lowest BCUT2D eigenvalue weighted by molar-refractivity contribution is 0.0916. The number of imidazole rings is 1. The Bertz CT molecular complexity index is 799. The number of carbonyl (C=O) groups is 1. The maximum absolute atomic E-state index is 12.1. The van der Waals surface area contributed by atoms with Crippen molar-refractivity contribution in [2.75, 3.05) is 6.54 Å². The summed E-state index contributed by atoms with van der Waals surface area (Å²) in [5.41, 5.74) is 2.82. The van der Waals surface area contributed by atoms with Crippen LogP contribution in [-0.2, 0) is 0 Å². The highest BCUT2D eigenvalue weighted by molar-refractivity contribution is 6.30. The second kappa shape index (κ2) is 6.17. The molecular formula is C16H14ClN3O2. The maximum Gasteiger partial charge on any atom is 0.251 e. The van der Waals surface area contributed by atoms with Gasteiger partial charge in [-0.25, -0.2) is 4.98 Å². The fourth-order valence-electron chi connectivity index (χ4n) is 2.17. The van der Waals surface area contributed by atoms with E-state index in [4.69, 9.17) is 11.6 Å². The predicted molar refractivity (Wildman–Crippen MR) is 84.8 cm³/mol. The highest BCUT2D eigenvalue weighted by Gasteiger charge is 2.11. The Kier molecular flexibility index (Phi) is 4.09. The van der Waals surface area contributed by atoms with Crippen LogP contribution in [0.25, 0.3) is 11.0 Å². The van der Waals surface area contributed by atoms with E-state index in [0.717, 1.165) is 11.0 Å². The molecule has 0 bridgehead atoms. The van der Waals surface area contributed by atoms with Crippen LogP contribution in [0.4, 0.5) is 0 Å². The van der Waals surface area contributed by atoms with E-state index in [1.165, 1.54) is 0 Å². The van der Waals surface area contributed by atoms with E-state index in [9.17, 15) is 9.90 Å². The highest BCUT2D eigenvalue weighted by atomic mass is 35.5. The van der Waals surface area contributed by atoms with Gasteiger partial charge in [0.1, 0.15) is 0 Å². The molecule has 1 heterocycles. The number of halogens is 1. The van der Waals surface area contributed by atoms with Crippen molar-refractivity contribution in [3.8, 4) is 0 Å². The summed E-state index contributed by atoms with van der Waals surface area (Å²) in [6.45, 7) is 0.126. The Balaban J connectivity index is 1.65. The molecule has 0 aliphatic heterocycles. The van der Waals surface area contributed by atoms with Crippen LogP contribution in [0.3, 0.4) is 0 Å². The number of rotatable bonds is 4. The molecule has 1 atom stereocenters. The van der Waals surface area contributed by atoms with Crippen molar-refractivity contribution in [1.82, 2.24) is 15.3 Å². The maximum atomic E-state index is 12.1. The molecule has 2 aromatic carbocycles. The molecule has 1 aromatic heterocycles. The average molecular weight is 316 g/mol. The number of carbonyl (C=O) groups excluding carboxylic acids is 1. The zero-order valence-electron chi connectivity index (χ0n) is 11.6. The van der Waals surface area contributed by atoms with Crippen LogP contribution in [0, 0.1) is 0 Å². The van der Waals surface area contributed by atoms with Gasteiger partial charge in [0.2, 0.25) is 0 Å². The zero-order valence-corrected chi connectivity index (χ0v) is 12.3. The number of H-pyrrole nitrogens is 1. The van der Waals surface area contributed by atoms with E-state index in [1.807, 2.05) is 0 Å². The number of fused-ring (bicyclic) bond motifs is 1. The van der Waals surface area contributed by atoms with Crippen LogP contribution in [-0.4, -0.2) is 27.5 Å².